The molecule has 1 N–H and O–H groups in total. The van der Waals surface area contributed by atoms with E-state index >= 15 is 0 Å². The number of hydrogen-bond acceptors (Lipinski definition) is 7. The second-order valence-electron chi connectivity index (χ2n) is 8.51. The number of benzene rings is 2. The summed E-state index contributed by atoms with van der Waals surface area (Å²) in [7, 11) is -0.451. The summed E-state index contributed by atoms with van der Waals surface area (Å²) in [5.74, 6) is 1.50. The largest absolute Gasteiger partial charge is 0.497 e. The average molecular weight is 497 g/mol. The monoisotopic (exact) mass is 496 g/mol. The third-order valence-corrected chi connectivity index (χ3v) is 7.83. The van der Waals surface area contributed by atoms with Gasteiger partial charge >= 0.3 is 0 Å². The normalized spacial score (nSPS) is 15.6. The molecule has 1 saturated heterocycles. The van der Waals surface area contributed by atoms with Crippen molar-refractivity contribution in [1.82, 2.24) is 14.6 Å². The number of pyridine rings is 1. The number of nitrogens with zero attached hydrogens (tertiary/aromatic N) is 3. The Morgan fingerprint density at radius 3 is 2.34 bits per heavy atom. The summed E-state index contributed by atoms with van der Waals surface area (Å²) >= 11 is 0. The number of piperazine rings is 1. The third-order valence-electron chi connectivity index (χ3n) is 6.41. The molecule has 1 fully saturated rings. The number of nitrogens with one attached hydrogen (secondary N) is 1. The molecule has 0 amide bonds. The van der Waals surface area contributed by atoms with Crippen LogP contribution in [0.15, 0.2) is 71.9 Å². The molecule has 4 rings (SSSR count). The Morgan fingerprint density at radius 1 is 1.00 bits per heavy atom. The molecule has 0 radical (unpaired) electrons. The molecule has 1 aliphatic rings. The first-order chi connectivity index (χ1) is 16.9. The summed E-state index contributed by atoms with van der Waals surface area (Å²) in [5, 5.41) is 0. The van der Waals surface area contributed by atoms with Gasteiger partial charge in [-0.3, -0.25) is 9.88 Å². The smallest absolute Gasteiger partial charge is 0.240 e. The van der Waals surface area contributed by atoms with Gasteiger partial charge in [0.2, 0.25) is 10.0 Å². The highest BCUT2D eigenvalue weighted by Crippen LogP contribution is 2.26. The molecule has 8 nitrogen and oxygen atoms in total. The van der Waals surface area contributed by atoms with E-state index in [1.807, 2.05) is 37.4 Å². The number of ether oxygens (including phenoxy) is 2. The van der Waals surface area contributed by atoms with E-state index in [2.05, 4.69) is 31.6 Å². The maximum absolute atomic E-state index is 13.1. The molecular formula is C26H32N4O4S. The highest BCUT2D eigenvalue weighted by atomic mass is 32.2. The average Bonchev–Trinajstić information content (AvgIpc) is 2.90. The molecule has 1 unspecified atom stereocenters. The van der Waals surface area contributed by atoms with E-state index in [-0.39, 0.29) is 17.5 Å². The Morgan fingerprint density at radius 2 is 1.74 bits per heavy atom. The van der Waals surface area contributed by atoms with Crippen molar-refractivity contribution in [3.63, 3.8) is 0 Å². The van der Waals surface area contributed by atoms with E-state index in [1.165, 1.54) is 0 Å². The van der Waals surface area contributed by atoms with Crippen LogP contribution in [-0.2, 0) is 10.0 Å². The zero-order valence-electron chi connectivity index (χ0n) is 20.3. The van der Waals surface area contributed by atoms with Crippen molar-refractivity contribution in [2.45, 2.75) is 17.9 Å². The lowest BCUT2D eigenvalue weighted by Gasteiger charge is -2.40. The van der Waals surface area contributed by atoms with Crippen molar-refractivity contribution >= 4 is 15.7 Å². The van der Waals surface area contributed by atoms with Crippen LogP contribution >= 0.6 is 0 Å². The van der Waals surface area contributed by atoms with Crippen molar-refractivity contribution in [3.05, 3.63) is 78.1 Å². The van der Waals surface area contributed by atoms with Gasteiger partial charge in [0.1, 0.15) is 11.5 Å². The molecule has 35 heavy (non-hydrogen) atoms. The van der Waals surface area contributed by atoms with E-state index in [9.17, 15) is 8.42 Å². The zero-order valence-corrected chi connectivity index (χ0v) is 21.2. The second kappa shape index (κ2) is 11.1. The number of sulfonamides is 1. The summed E-state index contributed by atoms with van der Waals surface area (Å²) in [6.07, 6.45) is 3.54. The summed E-state index contributed by atoms with van der Waals surface area (Å²) in [6, 6.07) is 16.7. The van der Waals surface area contributed by atoms with Gasteiger partial charge in [0.05, 0.1) is 25.2 Å². The first-order valence-electron chi connectivity index (χ1n) is 11.6. The lowest BCUT2D eigenvalue weighted by Crippen LogP contribution is -2.50. The van der Waals surface area contributed by atoms with Crippen LogP contribution in [0.25, 0.3) is 0 Å². The topological polar surface area (TPSA) is 84.0 Å². The predicted octanol–water partition coefficient (Wildman–Crippen LogP) is 3.25. The molecule has 1 aromatic heterocycles. The highest BCUT2D eigenvalue weighted by Gasteiger charge is 2.27. The third kappa shape index (κ3) is 5.93. The van der Waals surface area contributed by atoms with Crippen LogP contribution in [0.5, 0.6) is 11.5 Å². The van der Waals surface area contributed by atoms with Crippen LogP contribution in [0.1, 0.15) is 17.2 Å². The molecular weight excluding hydrogens is 464 g/mol. The van der Waals surface area contributed by atoms with Crippen molar-refractivity contribution in [2.24, 2.45) is 0 Å². The maximum atomic E-state index is 13.1. The zero-order chi connectivity index (χ0) is 24.8. The Kier molecular flexibility index (Phi) is 7.90. The van der Waals surface area contributed by atoms with E-state index in [1.54, 1.807) is 38.6 Å². The molecule has 9 heteroatoms. The van der Waals surface area contributed by atoms with Gasteiger partial charge < -0.3 is 14.4 Å². The van der Waals surface area contributed by atoms with Crippen molar-refractivity contribution < 1.29 is 17.9 Å². The van der Waals surface area contributed by atoms with E-state index in [0.29, 0.717) is 5.75 Å². The SMILES string of the molecule is COc1ccc(N2CCN(C(CNS(=O)(=O)c3ccc(OC)c(C)c3)c3cccnc3)CC2)cc1. The van der Waals surface area contributed by atoms with Gasteiger partial charge in [-0.05, 0) is 66.6 Å². The molecule has 186 valence electrons. The lowest BCUT2D eigenvalue weighted by atomic mass is 10.1. The molecule has 2 aromatic carbocycles. The number of anilines is 1. The Balaban J connectivity index is 1.47. The molecule has 0 saturated carbocycles. The van der Waals surface area contributed by atoms with Gasteiger partial charge in [-0.15, -0.1) is 0 Å². The summed E-state index contributed by atoms with van der Waals surface area (Å²) in [6.45, 7) is 5.37. The van der Waals surface area contributed by atoms with Crippen LogP contribution in [0.4, 0.5) is 5.69 Å². The molecule has 0 spiro atoms. The number of aromatic nitrogens is 1. The van der Waals surface area contributed by atoms with Gasteiger partial charge in [0.25, 0.3) is 0 Å². The van der Waals surface area contributed by atoms with Gasteiger partial charge in [0, 0.05) is 50.8 Å². The molecule has 0 bridgehead atoms. The molecule has 2 heterocycles. The number of hydrogen-bond donors (Lipinski definition) is 1. The van der Waals surface area contributed by atoms with Crippen LogP contribution in [-0.4, -0.2) is 65.2 Å². The number of rotatable bonds is 9. The fourth-order valence-corrected chi connectivity index (χ4v) is 5.53. The van der Waals surface area contributed by atoms with Gasteiger partial charge in [-0.25, -0.2) is 13.1 Å². The van der Waals surface area contributed by atoms with Crippen molar-refractivity contribution in [2.75, 3.05) is 51.8 Å². The highest BCUT2D eigenvalue weighted by molar-refractivity contribution is 7.89. The minimum atomic E-state index is -3.68. The molecule has 1 aliphatic heterocycles. The fraction of sp³-hybridized carbons (Fsp3) is 0.346. The summed E-state index contributed by atoms with van der Waals surface area (Å²) in [5.41, 5.74) is 2.91. The Bertz CT molecular complexity index is 1210. The lowest BCUT2D eigenvalue weighted by molar-refractivity contribution is 0.186. The standard InChI is InChI=1S/C26H32N4O4S/c1-20-17-24(10-11-26(20)34-3)35(31,32)28-19-25(21-5-4-12-27-18-21)30-15-13-29(14-16-30)22-6-8-23(33-2)9-7-22/h4-12,17-18,25,28H,13-16,19H2,1-3H3. The van der Waals surface area contributed by atoms with Crippen LogP contribution in [0.2, 0.25) is 0 Å². The predicted molar refractivity (Wildman–Crippen MR) is 137 cm³/mol. The Labute approximate surface area is 207 Å². The first-order valence-corrected chi connectivity index (χ1v) is 13.1. The van der Waals surface area contributed by atoms with Gasteiger partial charge in [-0.2, -0.15) is 0 Å². The van der Waals surface area contributed by atoms with Crippen molar-refractivity contribution in [1.29, 1.82) is 0 Å². The first kappa shape index (κ1) is 25.0. The molecule has 1 atom stereocenters. The number of methoxy groups -OCH3 is 2. The quantitative estimate of drug-likeness (QED) is 0.487. The maximum Gasteiger partial charge on any atom is 0.240 e. The van der Waals surface area contributed by atoms with Gasteiger partial charge in [-0.1, -0.05) is 6.07 Å². The Hall–Kier alpha value is -3.14. The summed E-state index contributed by atoms with van der Waals surface area (Å²) in [4.78, 5) is 9.15. The van der Waals surface area contributed by atoms with Crippen LogP contribution < -0.4 is 19.1 Å². The second-order valence-corrected chi connectivity index (χ2v) is 10.3. The van der Waals surface area contributed by atoms with Gasteiger partial charge in [0.15, 0.2) is 0 Å². The minimum absolute atomic E-state index is 0.129. The van der Waals surface area contributed by atoms with E-state index in [4.69, 9.17) is 9.47 Å². The van der Waals surface area contributed by atoms with E-state index in [0.717, 1.165) is 48.7 Å². The minimum Gasteiger partial charge on any atom is -0.497 e. The molecule has 3 aromatic rings. The number of aryl methyl sites for hydroxylation is 1. The van der Waals surface area contributed by atoms with Crippen molar-refractivity contribution in [3.8, 4) is 11.5 Å². The fourth-order valence-electron chi connectivity index (χ4n) is 4.41. The van der Waals surface area contributed by atoms with E-state index < -0.39 is 10.0 Å². The van der Waals surface area contributed by atoms with Crippen LogP contribution in [0, 0.1) is 6.92 Å². The summed E-state index contributed by atoms with van der Waals surface area (Å²) < 4.78 is 39.5. The molecule has 0 aliphatic carbocycles. The van der Waals surface area contributed by atoms with Crippen LogP contribution in [0.3, 0.4) is 0 Å².